The fourth-order valence-electron chi connectivity index (χ4n) is 1.10. The Morgan fingerprint density at radius 1 is 1.29 bits per heavy atom. The van der Waals surface area contributed by atoms with Crippen LogP contribution in [0.3, 0.4) is 0 Å². The standard InChI is InChI=1S/C11H14O2S/c1-3-14(12,13)10(2)9-11-7-5-4-6-8-11/h4-9H,3H2,1-2H3. The summed E-state index contributed by atoms with van der Waals surface area (Å²) in [5.41, 5.74) is 0.919. The number of sulfone groups is 1. The summed E-state index contributed by atoms with van der Waals surface area (Å²) in [7, 11) is -3.04. The molecule has 1 rings (SSSR count). The molecule has 0 amide bonds. The first-order valence-electron chi connectivity index (χ1n) is 4.52. The first-order valence-corrected chi connectivity index (χ1v) is 6.17. The summed E-state index contributed by atoms with van der Waals surface area (Å²) in [6.07, 6.45) is 1.69. The van der Waals surface area contributed by atoms with E-state index in [0.717, 1.165) is 5.56 Å². The van der Waals surface area contributed by atoms with E-state index in [1.165, 1.54) is 0 Å². The van der Waals surface area contributed by atoms with Crippen LogP contribution in [-0.4, -0.2) is 14.2 Å². The Morgan fingerprint density at radius 3 is 2.36 bits per heavy atom. The van der Waals surface area contributed by atoms with Crippen molar-refractivity contribution < 1.29 is 8.42 Å². The molecule has 0 aromatic heterocycles. The maximum absolute atomic E-state index is 11.4. The van der Waals surface area contributed by atoms with E-state index < -0.39 is 9.84 Å². The van der Waals surface area contributed by atoms with Gasteiger partial charge >= 0.3 is 0 Å². The lowest BCUT2D eigenvalue weighted by Gasteiger charge is -2.00. The van der Waals surface area contributed by atoms with Gasteiger partial charge in [0, 0.05) is 4.91 Å². The third kappa shape index (κ3) is 2.70. The van der Waals surface area contributed by atoms with Crippen molar-refractivity contribution in [1.29, 1.82) is 0 Å². The van der Waals surface area contributed by atoms with Gasteiger partial charge in [0.2, 0.25) is 0 Å². The summed E-state index contributed by atoms with van der Waals surface area (Å²) < 4.78 is 22.9. The van der Waals surface area contributed by atoms with Crippen molar-refractivity contribution in [2.24, 2.45) is 0 Å². The molecular formula is C11H14O2S. The summed E-state index contributed by atoms with van der Waals surface area (Å²) >= 11 is 0. The quantitative estimate of drug-likeness (QED) is 0.768. The van der Waals surface area contributed by atoms with Gasteiger partial charge in [-0.3, -0.25) is 0 Å². The predicted molar refractivity (Wildman–Crippen MR) is 59.6 cm³/mol. The molecular weight excluding hydrogens is 196 g/mol. The van der Waals surface area contributed by atoms with Crippen LogP contribution < -0.4 is 0 Å². The minimum atomic E-state index is -3.04. The van der Waals surface area contributed by atoms with E-state index in [1.54, 1.807) is 19.9 Å². The number of allylic oxidation sites excluding steroid dienone is 1. The van der Waals surface area contributed by atoms with Crippen LogP contribution in [0.4, 0.5) is 0 Å². The van der Waals surface area contributed by atoms with Crippen molar-refractivity contribution in [1.82, 2.24) is 0 Å². The zero-order chi connectivity index (χ0) is 10.6. The Labute approximate surface area is 85.2 Å². The highest BCUT2D eigenvalue weighted by Gasteiger charge is 2.09. The molecule has 0 radical (unpaired) electrons. The number of benzene rings is 1. The molecule has 0 bridgehead atoms. The summed E-state index contributed by atoms with van der Waals surface area (Å²) in [6.45, 7) is 3.28. The zero-order valence-corrected chi connectivity index (χ0v) is 9.21. The summed E-state index contributed by atoms with van der Waals surface area (Å²) in [4.78, 5) is 0.422. The highest BCUT2D eigenvalue weighted by molar-refractivity contribution is 7.95. The average molecular weight is 210 g/mol. The van der Waals surface area contributed by atoms with Gasteiger partial charge in [0.15, 0.2) is 9.84 Å². The van der Waals surface area contributed by atoms with E-state index in [2.05, 4.69) is 0 Å². The molecule has 0 spiro atoms. The van der Waals surface area contributed by atoms with E-state index in [1.807, 2.05) is 30.3 Å². The second-order valence-electron chi connectivity index (χ2n) is 3.07. The topological polar surface area (TPSA) is 34.1 Å². The second kappa shape index (κ2) is 4.42. The maximum Gasteiger partial charge on any atom is 0.174 e. The highest BCUT2D eigenvalue weighted by Crippen LogP contribution is 2.12. The summed E-state index contributed by atoms with van der Waals surface area (Å²) in [5.74, 6) is 0.155. The fourth-order valence-corrected chi connectivity index (χ4v) is 1.87. The van der Waals surface area contributed by atoms with Crippen LogP contribution in [0, 0.1) is 0 Å². The molecule has 0 N–H and O–H groups in total. The lowest BCUT2D eigenvalue weighted by molar-refractivity contribution is 0.603. The summed E-state index contributed by atoms with van der Waals surface area (Å²) in [6, 6.07) is 9.44. The van der Waals surface area contributed by atoms with Crippen LogP contribution in [0.2, 0.25) is 0 Å². The highest BCUT2D eigenvalue weighted by atomic mass is 32.2. The smallest absolute Gasteiger partial charge is 0.174 e. The molecule has 3 heteroatoms. The Hall–Kier alpha value is -1.09. The molecule has 2 nitrogen and oxygen atoms in total. The van der Waals surface area contributed by atoms with E-state index in [4.69, 9.17) is 0 Å². The Bertz CT molecular complexity index is 416. The molecule has 0 saturated heterocycles. The predicted octanol–water partition coefficient (Wildman–Crippen LogP) is 2.48. The first kappa shape index (κ1) is 11.0. The molecule has 0 fully saturated rings. The third-order valence-corrected chi connectivity index (χ3v) is 3.90. The van der Waals surface area contributed by atoms with Gasteiger partial charge in [-0.2, -0.15) is 0 Å². The van der Waals surface area contributed by atoms with Gasteiger partial charge in [0.05, 0.1) is 5.75 Å². The van der Waals surface area contributed by atoms with Gasteiger partial charge in [-0.1, -0.05) is 37.3 Å². The lowest BCUT2D eigenvalue weighted by Crippen LogP contribution is -2.03. The molecule has 76 valence electrons. The average Bonchev–Trinajstić information content (AvgIpc) is 2.19. The van der Waals surface area contributed by atoms with E-state index in [9.17, 15) is 8.42 Å². The molecule has 14 heavy (non-hydrogen) atoms. The van der Waals surface area contributed by atoms with Crippen LogP contribution >= 0.6 is 0 Å². The minimum absolute atomic E-state index is 0.155. The Kier molecular flexibility index (Phi) is 3.47. The Balaban J connectivity index is 3.02. The van der Waals surface area contributed by atoms with Crippen molar-refractivity contribution in [2.75, 3.05) is 5.75 Å². The van der Waals surface area contributed by atoms with Crippen LogP contribution in [0.1, 0.15) is 19.4 Å². The van der Waals surface area contributed by atoms with Crippen molar-refractivity contribution in [3.8, 4) is 0 Å². The second-order valence-corrected chi connectivity index (χ2v) is 5.52. The molecule has 0 aliphatic carbocycles. The third-order valence-electron chi connectivity index (χ3n) is 2.04. The summed E-state index contributed by atoms with van der Waals surface area (Å²) in [5, 5.41) is 0. The fraction of sp³-hybridized carbons (Fsp3) is 0.273. The first-order chi connectivity index (χ1) is 6.56. The molecule has 0 aliphatic rings. The lowest BCUT2D eigenvalue weighted by atomic mass is 10.2. The molecule has 0 atom stereocenters. The maximum atomic E-state index is 11.4. The SMILES string of the molecule is CCS(=O)(=O)C(C)=Cc1ccccc1. The number of rotatable bonds is 3. The molecule has 0 aliphatic heterocycles. The van der Waals surface area contributed by atoms with Gasteiger partial charge in [0.1, 0.15) is 0 Å². The molecule has 1 aromatic rings. The zero-order valence-electron chi connectivity index (χ0n) is 8.40. The number of hydrogen-bond donors (Lipinski definition) is 0. The molecule has 0 heterocycles. The van der Waals surface area contributed by atoms with Crippen LogP contribution in [0.5, 0.6) is 0 Å². The van der Waals surface area contributed by atoms with Gasteiger partial charge < -0.3 is 0 Å². The van der Waals surface area contributed by atoms with Crippen LogP contribution in [0.25, 0.3) is 6.08 Å². The van der Waals surface area contributed by atoms with Crippen molar-refractivity contribution in [3.63, 3.8) is 0 Å². The monoisotopic (exact) mass is 210 g/mol. The molecule has 0 unspecified atom stereocenters. The normalized spacial score (nSPS) is 12.9. The van der Waals surface area contributed by atoms with Gasteiger partial charge in [-0.05, 0) is 18.6 Å². The Morgan fingerprint density at radius 2 is 1.86 bits per heavy atom. The van der Waals surface area contributed by atoms with Gasteiger partial charge in [-0.25, -0.2) is 8.42 Å². The molecule has 1 aromatic carbocycles. The van der Waals surface area contributed by atoms with E-state index >= 15 is 0 Å². The van der Waals surface area contributed by atoms with Crippen molar-refractivity contribution in [3.05, 3.63) is 40.8 Å². The van der Waals surface area contributed by atoms with Crippen LogP contribution in [-0.2, 0) is 9.84 Å². The van der Waals surface area contributed by atoms with Crippen molar-refractivity contribution >= 4 is 15.9 Å². The van der Waals surface area contributed by atoms with Gasteiger partial charge in [0.25, 0.3) is 0 Å². The van der Waals surface area contributed by atoms with E-state index in [0.29, 0.717) is 4.91 Å². The van der Waals surface area contributed by atoms with Crippen LogP contribution in [0.15, 0.2) is 35.2 Å². The minimum Gasteiger partial charge on any atom is -0.224 e. The van der Waals surface area contributed by atoms with E-state index in [-0.39, 0.29) is 5.75 Å². The number of hydrogen-bond acceptors (Lipinski definition) is 2. The molecule has 0 saturated carbocycles. The van der Waals surface area contributed by atoms with Gasteiger partial charge in [-0.15, -0.1) is 0 Å². The van der Waals surface area contributed by atoms with Crippen molar-refractivity contribution in [2.45, 2.75) is 13.8 Å². The largest absolute Gasteiger partial charge is 0.224 e.